The van der Waals surface area contributed by atoms with Gasteiger partial charge in [-0.3, -0.25) is 0 Å². The van der Waals surface area contributed by atoms with Crippen LogP contribution >= 0.6 is 0 Å². The van der Waals surface area contributed by atoms with E-state index in [2.05, 4.69) is 10.2 Å². The Morgan fingerprint density at radius 3 is 2.79 bits per heavy atom. The maximum atomic E-state index is 14.2. The van der Waals surface area contributed by atoms with Crippen LogP contribution in [0.25, 0.3) is 0 Å². The number of methoxy groups -OCH3 is 1. The highest BCUT2D eigenvalue weighted by molar-refractivity contribution is 5.51. The predicted molar refractivity (Wildman–Crippen MR) is 76.0 cm³/mol. The summed E-state index contributed by atoms with van der Waals surface area (Å²) in [5.41, 5.74) is 1.70. The normalized spacial score (nSPS) is 14.7. The molecule has 4 heteroatoms. The summed E-state index contributed by atoms with van der Waals surface area (Å²) >= 11 is 0. The van der Waals surface area contributed by atoms with Crippen molar-refractivity contribution >= 4 is 5.69 Å². The topological polar surface area (TPSA) is 24.5 Å². The number of ether oxygens (including phenoxy) is 1. The third-order valence-electron chi connectivity index (χ3n) is 3.42. The molecule has 0 spiro atoms. The van der Waals surface area contributed by atoms with Crippen molar-refractivity contribution in [2.45, 2.75) is 32.4 Å². The second kappa shape index (κ2) is 6.87. The van der Waals surface area contributed by atoms with E-state index in [1.54, 1.807) is 13.2 Å². The van der Waals surface area contributed by atoms with Gasteiger partial charge in [0.25, 0.3) is 0 Å². The minimum Gasteiger partial charge on any atom is -0.383 e. The Labute approximate surface area is 114 Å². The molecule has 1 aliphatic carbocycles. The predicted octanol–water partition coefficient (Wildman–Crippen LogP) is 2.55. The van der Waals surface area contributed by atoms with Crippen LogP contribution in [-0.4, -0.2) is 32.8 Å². The molecule has 1 saturated carbocycles. The van der Waals surface area contributed by atoms with Crippen molar-refractivity contribution in [3.63, 3.8) is 0 Å². The van der Waals surface area contributed by atoms with Gasteiger partial charge in [-0.15, -0.1) is 0 Å². The molecule has 0 amide bonds. The monoisotopic (exact) mass is 266 g/mol. The van der Waals surface area contributed by atoms with E-state index in [0.29, 0.717) is 18.3 Å². The van der Waals surface area contributed by atoms with Crippen LogP contribution in [0.5, 0.6) is 0 Å². The summed E-state index contributed by atoms with van der Waals surface area (Å²) < 4.78 is 19.3. The molecule has 1 aliphatic rings. The Hall–Kier alpha value is -1.13. The SMILES string of the molecule is CCNCc1ccc(N(CCOC)C2CC2)c(F)c1. The number of hydrogen-bond donors (Lipinski definition) is 1. The van der Waals surface area contributed by atoms with Crippen molar-refractivity contribution in [2.75, 3.05) is 31.7 Å². The van der Waals surface area contributed by atoms with Crippen LogP contribution in [0.1, 0.15) is 25.3 Å². The molecule has 0 bridgehead atoms. The molecule has 19 heavy (non-hydrogen) atoms. The van der Waals surface area contributed by atoms with Crippen molar-refractivity contribution < 1.29 is 9.13 Å². The highest BCUT2D eigenvalue weighted by Gasteiger charge is 2.30. The van der Waals surface area contributed by atoms with Crippen LogP contribution in [0, 0.1) is 5.82 Å². The highest BCUT2D eigenvalue weighted by Crippen LogP contribution is 2.33. The zero-order valence-electron chi connectivity index (χ0n) is 11.8. The van der Waals surface area contributed by atoms with Gasteiger partial charge in [-0.25, -0.2) is 4.39 Å². The fourth-order valence-electron chi connectivity index (χ4n) is 2.24. The molecule has 0 atom stereocenters. The molecule has 0 saturated heterocycles. The molecule has 1 N–H and O–H groups in total. The number of benzene rings is 1. The number of halogens is 1. The lowest BCUT2D eigenvalue weighted by atomic mass is 10.1. The van der Waals surface area contributed by atoms with E-state index in [4.69, 9.17) is 4.74 Å². The van der Waals surface area contributed by atoms with Gasteiger partial charge >= 0.3 is 0 Å². The average molecular weight is 266 g/mol. The van der Waals surface area contributed by atoms with E-state index >= 15 is 0 Å². The van der Waals surface area contributed by atoms with Crippen LogP contribution in [0.2, 0.25) is 0 Å². The molecule has 1 fully saturated rings. The maximum Gasteiger partial charge on any atom is 0.146 e. The van der Waals surface area contributed by atoms with Crippen LogP contribution < -0.4 is 10.2 Å². The molecule has 1 aromatic carbocycles. The molecule has 2 rings (SSSR count). The van der Waals surface area contributed by atoms with Gasteiger partial charge in [-0.2, -0.15) is 0 Å². The first-order chi connectivity index (χ1) is 9.26. The zero-order valence-corrected chi connectivity index (χ0v) is 11.8. The summed E-state index contributed by atoms with van der Waals surface area (Å²) in [5, 5.41) is 3.21. The van der Waals surface area contributed by atoms with E-state index < -0.39 is 0 Å². The summed E-state index contributed by atoms with van der Waals surface area (Å²) in [5.74, 6) is -0.126. The maximum absolute atomic E-state index is 14.2. The number of nitrogens with one attached hydrogen (secondary N) is 1. The zero-order chi connectivity index (χ0) is 13.7. The lowest BCUT2D eigenvalue weighted by Crippen LogP contribution is -2.30. The molecule has 0 radical (unpaired) electrons. The van der Waals surface area contributed by atoms with Crippen molar-refractivity contribution in [1.82, 2.24) is 5.32 Å². The van der Waals surface area contributed by atoms with Crippen LogP contribution in [0.15, 0.2) is 18.2 Å². The largest absolute Gasteiger partial charge is 0.383 e. The summed E-state index contributed by atoms with van der Waals surface area (Å²) in [6.07, 6.45) is 2.31. The molecule has 0 heterocycles. The summed E-state index contributed by atoms with van der Waals surface area (Å²) in [6.45, 7) is 5.05. The van der Waals surface area contributed by atoms with E-state index in [9.17, 15) is 4.39 Å². The number of hydrogen-bond acceptors (Lipinski definition) is 3. The number of rotatable bonds is 8. The molecule has 0 unspecified atom stereocenters. The minimum atomic E-state index is -0.126. The third kappa shape index (κ3) is 3.91. The van der Waals surface area contributed by atoms with E-state index in [1.165, 1.54) is 0 Å². The van der Waals surface area contributed by atoms with Crippen LogP contribution in [0.3, 0.4) is 0 Å². The fourth-order valence-corrected chi connectivity index (χ4v) is 2.24. The Morgan fingerprint density at radius 2 is 2.21 bits per heavy atom. The minimum absolute atomic E-state index is 0.126. The molecule has 1 aromatic rings. The highest BCUT2D eigenvalue weighted by atomic mass is 19.1. The Morgan fingerprint density at radius 1 is 1.42 bits per heavy atom. The van der Waals surface area contributed by atoms with Crippen molar-refractivity contribution in [2.24, 2.45) is 0 Å². The molecular formula is C15H23FN2O. The van der Waals surface area contributed by atoms with Gasteiger partial charge in [0, 0.05) is 26.2 Å². The van der Waals surface area contributed by atoms with E-state index in [-0.39, 0.29) is 5.82 Å². The van der Waals surface area contributed by atoms with Crippen molar-refractivity contribution in [3.05, 3.63) is 29.6 Å². The second-order valence-electron chi connectivity index (χ2n) is 4.98. The Balaban J connectivity index is 2.08. The number of nitrogens with zero attached hydrogens (tertiary/aromatic N) is 1. The van der Waals surface area contributed by atoms with Gasteiger partial charge in [0.15, 0.2) is 0 Å². The standard InChI is InChI=1S/C15H23FN2O/c1-3-17-11-12-4-7-15(14(16)10-12)18(8-9-19-2)13-5-6-13/h4,7,10,13,17H,3,5-6,8-9,11H2,1-2H3. The number of anilines is 1. The van der Waals surface area contributed by atoms with Gasteiger partial charge in [0.05, 0.1) is 12.3 Å². The van der Waals surface area contributed by atoms with Gasteiger partial charge in [0.1, 0.15) is 5.82 Å². The summed E-state index contributed by atoms with van der Waals surface area (Å²) in [7, 11) is 1.68. The molecule has 0 aliphatic heterocycles. The lowest BCUT2D eigenvalue weighted by Gasteiger charge is -2.25. The Kier molecular flexibility index (Phi) is 5.16. The van der Waals surface area contributed by atoms with Crippen LogP contribution in [0.4, 0.5) is 10.1 Å². The van der Waals surface area contributed by atoms with Crippen LogP contribution in [-0.2, 0) is 11.3 Å². The molecule has 0 aromatic heterocycles. The molecular weight excluding hydrogens is 243 g/mol. The summed E-state index contributed by atoms with van der Waals surface area (Å²) in [6, 6.07) is 6.03. The Bertz CT molecular complexity index is 407. The van der Waals surface area contributed by atoms with Gasteiger partial charge in [0.2, 0.25) is 0 Å². The first-order valence-electron chi connectivity index (χ1n) is 7.01. The molecule has 3 nitrogen and oxygen atoms in total. The summed E-state index contributed by atoms with van der Waals surface area (Å²) in [4.78, 5) is 2.13. The fraction of sp³-hybridized carbons (Fsp3) is 0.600. The molecule has 106 valence electrons. The smallest absolute Gasteiger partial charge is 0.146 e. The van der Waals surface area contributed by atoms with E-state index in [1.807, 2.05) is 19.1 Å². The van der Waals surface area contributed by atoms with Gasteiger partial charge in [-0.05, 0) is 37.1 Å². The second-order valence-corrected chi connectivity index (χ2v) is 4.98. The quantitative estimate of drug-likeness (QED) is 0.782. The first kappa shape index (κ1) is 14.3. The van der Waals surface area contributed by atoms with Gasteiger partial charge in [-0.1, -0.05) is 13.0 Å². The third-order valence-corrected chi connectivity index (χ3v) is 3.42. The van der Waals surface area contributed by atoms with E-state index in [0.717, 1.165) is 38.0 Å². The van der Waals surface area contributed by atoms with Gasteiger partial charge < -0.3 is 15.0 Å². The van der Waals surface area contributed by atoms with Crippen molar-refractivity contribution in [1.29, 1.82) is 0 Å². The lowest BCUT2D eigenvalue weighted by molar-refractivity contribution is 0.204. The van der Waals surface area contributed by atoms with Crippen molar-refractivity contribution in [3.8, 4) is 0 Å². The first-order valence-corrected chi connectivity index (χ1v) is 7.01. The average Bonchev–Trinajstić information content (AvgIpc) is 3.23.